The highest BCUT2D eigenvalue weighted by atomic mass is 16.5. The molecule has 0 aliphatic carbocycles. The quantitative estimate of drug-likeness (QED) is 0.826. The molecule has 5 nitrogen and oxygen atoms in total. The Balaban J connectivity index is 1.86. The van der Waals surface area contributed by atoms with Gasteiger partial charge in [0.05, 0.1) is 12.5 Å². The van der Waals surface area contributed by atoms with Crippen molar-refractivity contribution in [3.63, 3.8) is 0 Å². The summed E-state index contributed by atoms with van der Waals surface area (Å²) in [5, 5.41) is 8.78. The predicted molar refractivity (Wildman–Crippen MR) is 69.8 cm³/mol. The molecule has 0 aromatic rings. The van der Waals surface area contributed by atoms with Gasteiger partial charge in [0.25, 0.3) is 0 Å². The van der Waals surface area contributed by atoms with Gasteiger partial charge in [0.2, 0.25) is 5.91 Å². The minimum absolute atomic E-state index is 0.0783. The Morgan fingerprint density at radius 3 is 2.74 bits per heavy atom. The Kier molecular flexibility index (Phi) is 5.19. The summed E-state index contributed by atoms with van der Waals surface area (Å²) >= 11 is 0. The van der Waals surface area contributed by atoms with Crippen LogP contribution in [0.15, 0.2) is 0 Å². The highest BCUT2D eigenvalue weighted by molar-refractivity contribution is 5.77. The van der Waals surface area contributed by atoms with Crippen LogP contribution in [0.5, 0.6) is 0 Å². The zero-order chi connectivity index (χ0) is 13.7. The second-order valence-electron chi connectivity index (χ2n) is 5.51. The molecule has 2 rings (SSSR count). The highest BCUT2D eigenvalue weighted by Crippen LogP contribution is 2.24. The molecular weight excluding hydrogens is 246 g/mol. The number of rotatable bonds is 5. The molecule has 1 amide bonds. The first kappa shape index (κ1) is 14.3. The summed E-state index contributed by atoms with van der Waals surface area (Å²) in [6.45, 7) is 1.54. The molecule has 2 saturated heterocycles. The van der Waals surface area contributed by atoms with Crippen LogP contribution in [-0.2, 0) is 14.3 Å². The van der Waals surface area contributed by atoms with Gasteiger partial charge in [0.1, 0.15) is 0 Å². The van der Waals surface area contributed by atoms with Gasteiger partial charge in [-0.2, -0.15) is 0 Å². The second-order valence-corrected chi connectivity index (χ2v) is 5.51. The second kappa shape index (κ2) is 6.89. The number of carboxylic acids is 1. The van der Waals surface area contributed by atoms with Crippen LogP contribution in [0.25, 0.3) is 0 Å². The van der Waals surface area contributed by atoms with Gasteiger partial charge in [-0.1, -0.05) is 0 Å². The Hall–Kier alpha value is -1.10. The zero-order valence-electron chi connectivity index (χ0n) is 11.3. The van der Waals surface area contributed by atoms with Gasteiger partial charge in [-0.05, 0) is 38.5 Å². The summed E-state index contributed by atoms with van der Waals surface area (Å²) in [6.07, 6.45) is 6.33. The Morgan fingerprint density at radius 2 is 2.05 bits per heavy atom. The minimum Gasteiger partial charge on any atom is -0.481 e. The van der Waals surface area contributed by atoms with Crippen molar-refractivity contribution >= 4 is 11.9 Å². The Morgan fingerprint density at radius 1 is 1.21 bits per heavy atom. The minimum atomic E-state index is -0.780. The van der Waals surface area contributed by atoms with Gasteiger partial charge < -0.3 is 14.7 Å². The van der Waals surface area contributed by atoms with E-state index in [1.165, 1.54) is 0 Å². The van der Waals surface area contributed by atoms with Crippen molar-refractivity contribution in [3.8, 4) is 0 Å². The lowest BCUT2D eigenvalue weighted by Gasteiger charge is -2.36. The fraction of sp³-hybridized carbons (Fsp3) is 0.857. The molecule has 5 heteroatoms. The van der Waals surface area contributed by atoms with Crippen LogP contribution in [0.1, 0.15) is 51.4 Å². The molecule has 0 bridgehead atoms. The van der Waals surface area contributed by atoms with Crippen molar-refractivity contribution in [3.05, 3.63) is 0 Å². The summed E-state index contributed by atoms with van der Waals surface area (Å²) in [4.78, 5) is 24.9. The zero-order valence-corrected chi connectivity index (χ0v) is 11.3. The first-order valence-corrected chi connectivity index (χ1v) is 7.29. The van der Waals surface area contributed by atoms with Crippen LogP contribution in [0.4, 0.5) is 0 Å². The van der Waals surface area contributed by atoms with E-state index in [-0.39, 0.29) is 24.5 Å². The first-order chi connectivity index (χ1) is 9.16. The maximum atomic E-state index is 12.3. The molecule has 108 valence electrons. The van der Waals surface area contributed by atoms with E-state index < -0.39 is 5.97 Å². The molecule has 2 atom stereocenters. The number of amides is 1. The van der Waals surface area contributed by atoms with Crippen molar-refractivity contribution < 1.29 is 19.4 Å². The van der Waals surface area contributed by atoms with E-state index >= 15 is 0 Å². The monoisotopic (exact) mass is 269 g/mol. The molecule has 0 aromatic carbocycles. The maximum absolute atomic E-state index is 12.3. The molecule has 0 saturated carbocycles. The van der Waals surface area contributed by atoms with Crippen LogP contribution < -0.4 is 0 Å². The summed E-state index contributed by atoms with van der Waals surface area (Å²) in [5.41, 5.74) is 0. The number of nitrogens with zero attached hydrogens (tertiary/aromatic N) is 1. The van der Waals surface area contributed by atoms with Crippen LogP contribution >= 0.6 is 0 Å². The van der Waals surface area contributed by atoms with Crippen LogP contribution in [-0.4, -0.2) is 47.2 Å². The molecule has 19 heavy (non-hydrogen) atoms. The van der Waals surface area contributed by atoms with Crippen LogP contribution in [0, 0.1) is 0 Å². The maximum Gasteiger partial charge on any atom is 0.303 e. The molecule has 2 aliphatic heterocycles. The number of aliphatic carboxylic acids is 1. The van der Waals surface area contributed by atoms with Crippen LogP contribution in [0.3, 0.4) is 0 Å². The standard InChI is InChI=1S/C14H23NO4/c16-13(10-12-5-3-9-19-12)15-8-2-1-4-11(15)6-7-14(17)18/h11-12H,1-10H2,(H,17,18)/t11-,12-/m1/s1. The molecule has 1 N–H and O–H groups in total. The normalized spacial score (nSPS) is 27.5. The van der Waals surface area contributed by atoms with Crippen molar-refractivity contribution in [2.24, 2.45) is 0 Å². The average molecular weight is 269 g/mol. The van der Waals surface area contributed by atoms with E-state index in [2.05, 4.69) is 0 Å². The molecule has 0 unspecified atom stereocenters. The number of hydrogen-bond donors (Lipinski definition) is 1. The summed E-state index contributed by atoms with van der Waals surface area (Å²) in [7, 11) is 0. The van der Waals surface area contributed by atoms with Gasteiger partial charge >= 0.3 is 5.97 Å². The fourth-order valence-electron chi connectivity index (χ4n) is 3.04. The Bertz CT molecular complexity index is 325. The lowest BCUT2D eigenvalue weighted by molar-refractivity contribution is -0.141. The molecule has 0 radical (unpaired) electrons. The largest absolute Gasteiger partial charge is 0.481 e. The molecule has 2 aliphatic rings. The van der Waals surface area contributed by atoms with Gasteiger partial charge in [0, 0.05) is 25.6 Å². The lowest BCUT2D eigenvalue weighted by atomic mass is 9.97. The molecule has 0 spiro atoms. The van der Waals surface area contributed by atoms with Crippen molar-refractivity contribution in [2.75, 3.05) is 13.2 Å². The number of carbonyl (C=O) groups is 2. The van der Waals surface area contributed by atoms with E-state index in [1.54, 1.807) is 0 Å². The fourth-order valence-corrected chi connectivity index (χ4v) is 3.04. The van der Waals surface area contributed by atoms with Crippen molar-refractivity contribution in [1.29, 1.82) is 0 Å². The SMILES string of the molecule is O=C(O)CC[C@H]1CCCCN1C(=O)C[C@H]1CCCO1. The third kappa shape index (κ3) is 4.20. The highest BCUT2D eigenvalue weighted by Gasteiger charge is 2.29. The van der Waals surface area contributed by atoms with E-state index in [0.29, 0.717) is 12.8 Å². The number of carboxylic acid groups (broad SMARTS) is 1. The number of piperidine rings is 1. The molecule has 0 aromatic heterocycles. The molecule has 2 heterocycles. The number of ether oxygens (including phenoxy) is 1. The average Bonchev–Trinajstić information content (AvgIpc) is 2.89. The van der Waals surface area contributed by atoms with Gasteiger partial charge in [-0.3, -0.25) is 9.59 Å². The van der Waals surface area contributed by atoms with E-state index in [9.17, 15) is 9.59 Å². The third-order valence-corrected chi connectivity index (χ3v) is 4.07. The third-order valence-electron chi connectivity index (χ3n) is 4.07. The van der Waals surface area contributed by atoms with E-state index in [0.717, 1.165) is 45.3 Å². The molecular formula is C14H23NO4. The van der Waals surface area contributed by atoms with E-state index in [1.807, 2.05) is 4.90 Å². The summed E-state index contributed by atoms with van der Waals surface area (Å²) in [6, 6.07) is 0.110. The van der Waals surface area contributed by atoms with Gasteiger partial charge in [-0.15, -0.1) is 0 Å². The predicted octanol–water partition coefficient (Wildman–Crippen LogP) is 1.80. The summed E-state index contributed by atoms with van der Waals surface area (Å²) < 4.78 is 5.51. The van der Waals surface area contributed by atoms with Crippen LogP contribution in [0.2, 0.25) is 0 Å². The lowest BCUT2D eigenvalue weighted by Crippen LogP contribution is -2.44. The van der Waals surface area contributed by atoms with Crippen molar-refractivity contribution in [2.45, 2.75) is 63.5 Å². The number of likely N-dealkylation sites (tertiary alicyclic amines) is 1. The van der Waals surface area contributed by atoms with Gasteiger partial charge in [0.15, 0.2) is 0 Å². The number of carbonyl (C=O) groups excluding carboxylic acids is 1. The topological polar surface area (TPSA) is 66.8 Å². The van der Waals surface area contributed by atoms with E-state index in [4.69, 9.17) is 9.84 Å². The van der Waals surface area contributed by atoms with Gasteiger partial charge in [-0.25, -0.2) is 0 Å². The Labute approximate surface area is 113 Å². The van der Waals surface area contributed by atoms with Crippen molar-refractivity contribution in [1.82, 2.24) is 4.90 Å². The molecule has 2 fully saturated rings. The summed E-state index contributed by atoms with van der Waals surface area (Å²) in [5.74, 6) is -0.640. The number of hydrogen-bond acceptors (Lipinski definition) is 3. The first-order valence-electron chi connectivity index (χ1n) is 7.29. The smallest absolute Gasteiger partial charge is 0.303 e.